The molecule has 0 aliphatic heterocycles. The molecule has 1 aromatic carbocycles. The van der Waals surface area contributed by atoms with Crippen LogP contribution in [0.5, 0.6) is 11.6 Å². The number of fused-ring (bicyclic) bond motifs is 1. The average Bonchev–Trinajstić information content (AvgIpc) is 2.87. The van der Waals surface area contributed by atoms with Crippen molar-refractivity contribution in [2.24, 2.45) is 0 Å². The van der Waals surface area contributed by atoms with Gasteiger partial charge in [-0.25, -0.2) is 9.97 Å². The normalized spacial score (nSPS) is 10.7. The topological polar surface area (TPSA) is 78.2 Å². The summed E-state index contributed by atoms with van der Waals surface area (Å²) >= 11 is 1.43. The van der Waals surface area contributed by atoms with E-state index in [1.807, 2.05) is 11.4 Å². The molecule has 0 saturated carbocycles. The zero-order valence-electron chi connectivity index (χ0n) is 10.4. The zero-order valence-corrected chi connectivity index (χ0v) is 11.3. The predicted octanol–water partition coefficient (Wildman–Crippen LogP) is 3.70. The van der Waals surface area contributed by atoms with E-state index in [4.69, 9.17) is 4.74 Å². The Labute approximate surface area is 117 Å². The number of thiophene rings is 1. The van der Waals surface area contributed by atoms with Crippen LogP contribution in [-0.4, -0.2) is 14.9 Å². The molecule has 0 spiro atoms. The highest BCUT2D eigenvalue weighted by Crippen LogP contribution is 2.36. The summed E-state index contributed by atoms with van der Waals surface area (Å²) in [5.41, 5.74) is 1.26. The van der Waals surface area contributed by atoms with E-state index in [-0.39, 0.29) is 11.4 Å². The smallest absolute Gasteiger partial charge is 0.314 e. The van der Waals surface area contributed by atoms with Crippen LogP contribution in [0.15, 0.2) is 36.0 Å². The van der Waals surface area contributed by atoms with E-state index in [2.05, 4.69) is 9.97 Å². The van der Waals surface area contributed by atoms with E-state index in [0.717, 1.165) is 10.2 Å². The number of para-hydroxylation sites is 1. The molecular weight excluding hydrogens is 278 g/mol. The molecule has 3 aromatic rings. The first-order chi connectivity index (χ1) is 9.66. The van der Waals surface area contributed by atoms with Crippen LogP contribution in [0, 0.1) is 17.0 Å². The van der Waals surface area contributed by atoms with E-state index in [1.54, 1.807) is 25.1 Å². The van der Waals surface area contributed by atoms with Gasteiger partial charge < -0.3 is 4.74 Å². The van der Waals surface area contributed by atoms with E-state index < -0.39 is 4.92 Å². The largest absolute Gasteiger partial charge is 0.430 e. The molecule has 2 heterocycles. The van der Waals surface area contributed by atoms with E-state index in [1.165, 1.54) is 17.7 Å². The molecule has 0 saturated heterocycles. The van der Waals surface area contributed by atoms with Gasteiger partial charge in [-0.3, -0.25) is 10.1 Å². The Bertz CT molecular complexity index is 800. The number of nitro groups is 1. The lowest BCUT2D eigenvalue weighted by Crippen LogP contribution is -1.97. The molecule has 3 rings (SSSR count). The first-order valence-corrected chi connectivity index (χ1v) is 6.65. The van der Waals surface area contributed by atoms with Gasteiger partial charge >= 0.3 is 5.69 Å². The average molecular weight is 287 g/mol. The highest BCUT2D eigenvalue weighted by Gasteiger charge is 2.20. The third kappa shape index (κ3) is 2.08. The molecular formula is C13H9N3O3S. The van der Waals surface area contributed by atoms with E-state index in [9.17, 15) is 10.1 Å². The van der Waals surface area contributed by atoms with Crippen molar-refractivity contribution < 1.29 is 9.66 Å². The van der Waals surface area contributed by atoms with Crippen LogP contribution >= 0.6 is 11.3 Å². The fourth-order valence-electron chi connectivity index (χ4n) is 1.89. The molecule has 20 heavy (non-hydrogen) atoms. The molecule has 0 atom stereocenters. The SMILES string of the molecule is Cc1cccc(Oc2ncnc3ccsc23)c1[N+](=O)[O-]. The van der Waals surface area contributed by atoms with E-state index in [0.29, 0.717) is 11.4 Å². The Morgan fingerprint density at radius 2 is 2.15 bits per heavy atom. The van der Waals surface area contributed by atoms with Crippen molar-refractivity contribution in [2.75, 3.05) is 0 Å². The number of aryl methyl sites for hydroxylation is 1. The number of ether oxygens (including phenoxy) is 1. The molecule has 6 nitrogen and oxygen atoms in total. The van der Waals surface area contributed by atoms with Gasteiger partial charge in [-0.15, -0.1) is 11.3 Å². The molecule has 0 radical (unpaired) electrons. The van der Waals surface area contributed by atoms with Gasteiger partial charge in [0.2, 0.25) is 11.6 Å². The minimum absolute atomic E-state index is 0.0455. The number of nitro benzene ring substituents is 1. The van der Waals surface area contributed by atoms with Gasteiger partial charge in [-0.2, -0.15) is 0 Å². The number of rotatable bonds is 3. The Kier molecular flexibility index (Phi) is 3.03. The van der Waals surface area contributed by atoms with Gasteiger partial charge in [0.1, 0.15) is 11.0 Å². The number of aromatic nitrogens is 2. The highest BCUT2D eigenvalue weighted by molar-refractivity contribution is 7.17. The maximum absolute atomic E-state index is 11.1. The third-order valence-corrected chi connectivity index (χ3v) is 3.69. The molecule has 0 aliphatic carbocycles. The Balaban J connectivity index is 2.10. The van der Waals surface area contributed by atoms with Crippen molar-refractivity contribution in [3.8, 4) is 11.6 Å². The quantitative estimate of drug-likeness (QED) is 0.542. The first-order valence-electron chi connectivity index (χ1n) is 5.77. The lowest BCUT2D eigenvalue weighted by Gasteiger charge is -2.07. The lowest BCUT2D eigenvalue weighted by atomic mass is 10.2. The molecule has 0 N–H and O–H groups in total. The second-order valence-electron chi connectivity index (χ2n) is 4.09. The summed E-state index contributed by atoms with van der Waals surface area (Å²) in [6.07, 6.45) is 1.38. The summed E-state index contributed by atoms with van der Waals surface area (Å²) in [6, 6.07) is 6.79. The van der Waals surface area contributed by atoms with Gasteiger partial charge in [0, 0.05) is 5.56 Å². The van der Waals surface area contributed by atoms with Crippen LogP contribution in [0.3, 0.4) is 0 Å². The van der Waals surface area contributed by atoms with Gasteiger partial charge in [-0.05, 0) is 24.4 Å². The number of nitrogens with zero attached hydrogens (tertiary/aromatic N) is 3. The van der Waals surface area contributed by atoms with Crippen molar-refractivity contribution in [2.45, 2.75) is 6.92 Å². The van der Waals surface area contributed by atoms with Crippen LogP contribution in [0.1, 0.15) is 5.56 Å². The second kappa shape index (κ2) is 4.86. The van der Waals surface area contributed by atoms with Crippen molar-refractivity contribution in [1.29, 1.82) is 0 Å². The first kappa shape index (κ1) is 12.5. The minimum atomic E-state index is -0.447. The summed E-state index contributed by atoms with van der Waals surface area (Å²) in [5, 5.41) is 13.0. The fraction of sp³-hybridized carbons (Fsp3) is 0.0769. The second-order valence-corrected chi connectivity index (χ2v) is 5.01. The number of hydrogen-bond donors (Lipinski definition) is 0. The maximum Gasteiger partial charge on any atom is 0.314 e. The molecule has 2 aromatic heterocycles. The molecule has 100 valence electrons. The van der Waals surface area contributed by atoms with Crippen LogP contribution in [0.25, 0.3) is 10.2 Å². The Morgan fingerprint density at radius 3 is 2.95 bits per heavy atom. The van der Waals surface area contributed by atoms with Gasteiger partial charge in [0.25, 0.3) is 0 Å². The monoisotopic (exact) mass is 287 g/mol. The molecule has 0 fully saturated rings. The zero-order chi connectivity index (χ0) is 14.1. The minimum Gasteiger partial charge on any atom is -0.430 e. The van der Waals surface area contributed by atoms with Crippen LogP contribution < -0.4 is 4.74 Å². The number of hydrogen-bond acceptors (Lipinski definition) is 6. The summed E-state index contributed by atoms with van der Waals surface area (Å²) in [5.74, 6) is 0.516. The van der Waals surface area contributed by atoms with E-state index >= 15 is 0 Å². The van der Waals surface area contributed by atoms with Gasteiger partial charge in [-0.1, -0.05) is 12.1 Å². The molecule has 0 aliphatic rings. The Hall–Kier alpha value is -2.54. The molecule has 0 unspecified atom stereocenters. The Morgan fingerprint density at radius 1 is 1.30 bits per heavy atom. The molecule has 0 amide bonds. The highest BCUT2D eigenvalue weighted by atomic mass is 32.1. The van der Waals surface area contributed by atoms with Crippen molar-refractivity contribution in [3.63, 3.8) is 0 Å². The summed E-state index contributed by atoms with van der Waals surface area (Å²) in [7, 11) is 0. The molecule has 7 heteroatoms. The van der Waals surface area contributed by atoms with Crippen molar-refractivity contribution in [3.05, 3.63) is 51.7 Å². The summed E-state index contributed by atoms with van der Waals surface area (Å²) < 4.78 is 6.41. The van der Waals surface area contributed by atoms with Crippen LogP contribution in [-0.2, 0) is 0 Å². The van der Waals surface area contributed by atoms with Crippen LogP contribution in [0.4, 0.5) is 5.69 Å². The van der Waals surface area contributed by atoms with Gasteiger partial charge in [0.15, 0.2) is 0 Å². The fourth-order valence-corrected chi connectivity index (χ4v) is 2.66. The van der Waals surface area contributed by atoms with Crippen molar-refractivity contribution >= 4 is 27.2 Å². The lowest BCUT2D eigenvalue weighted by molar-refractivity contribution is -0.386. The third-order valence-electron chi connectivity index (χ3n) is 2.80. The predicted molar refractivity (Wildman–Crippen MR) is 75.3 cm³/mol. The molecule has 0 bridgehead atoms. The maximum atomic E-state index is 11.1. The summed E-state index contributed by atoms with van der Waals surface area (Å²) in [4.78, 5) is 18.9. The standard InChI is InChI=1S/C13H9N3O3S/c1-8-3-2-4-10(11(8)16(17)18)19-13-12-9(5-6-20-12)14-7-15-13/h2-7H,1H3. The number of benzene rings is 1. The van der Waals surface area contributed by atoms with Gasteiger partial charge in [0.05, 0.1) is 10.4 Å². The van der Waals surface area contributed by atoms with Crippen LogP contribution in [0.2, 0.25) is 0 Å². The summed E-state index contributed by atoms with van der Waals surface area (Å²) in [6.45, 7) is 1.67. The van der Waals surface area contributed by atoms with Crippen molar-refractivity contribution in [1.82, 2.24) is 9.97 Å².